The van der Waals surface area contributed by atoms with Crippen molar-refractivity contribution < 1.29 is 9.53 Å². The standard InChI is InChI=1S/C14H16N4O2S/c19-13(11-9-20-7-6-15-11)16-8-12-17-18-14(21-12)10-4-2-1-3-5-10/h1-5,11,15H,6-9H2,(H,16,19). The Labute approximate surface area is 126 Å². The van der Waals surface area contributed by atoms with E-state index >= 15 is 0 Å². The Bertz CT molecular complexity index is 596. The van der Waals surface area contributed by atoms with E-state index in [-0.39, 0.29) is 11.9 Å². The monoisotopic (exact) mass is 304 g/mol. The Hall–Kier alpha value is -1.83. The fourth-order valence-corrected chi connectivity index (χ4v) is 2.83. The van der Waals surface area contributed by atoms with Crippen LogP contribution in [0.25, 0.3) is 10.6 Å². The summed E-state index contributed by atoms with van der Waals surface area (Å²) in [6, 6.07) is 9.60. The van der Waals surface area contributed by atoms with Crippen LogP contribution in [0.15, 0.2) is 30.3 Å². The fourth-order valence-electron chi connectivity index (χ4n) is 2.04. The van der Waals surface area contributed by atoms with E-state index in [9.17, 15) is 4.79 Å². The Morgan fingerprint density at radius 3 is 3.00 bits per heavy atom. The summed E-state index contributed by atoms with van der Waals surface area (Å²) in [5.74, 6) is -0.0637. The first kappa shape index (κ1) is 14.1. The van der Waals surface area contributed by atoms with E-state index in [1.165, 1.54) is 11.3 Å². The highest BCUT2D eigenvalue weighted by molar-refractivity contribution is 7.14. The van der Waals surface area contributed by atoms with Crippen molar-refractivity contribution in [2.75, 3.05) is 19.8 Å². The largest absolute Gasteiger partial charge is 0.378 e. The van der Waals surface area contributed by atoms with Gasteiger partial charge in [-0.3, -0.25) is 4.79 Å². The molecule has 3 rings (SSSR count). The predicted octanol–water partition coefficient (Wildman–Crippen LogP) is 0.810. The lowest BCUT2D eigenvalue weighted by atomic mass is 10.2. The molecule has 1 saturated heterocycles. The lowest BCUT2D eigenvalue weighted by Crippen LogP contribution is -2.51. The van der Waals surface area contributed by atoms with E-state index < -0.39 is 0 Å². The number of morpholine rings is 1. The van der Waals surface area contributed by atoms with E-state index in [2.05, 4.69) is 20.8 Å². The minimum absolute atomic E-state index is 0.0637. The molecule has 7 heteroatoms. The minimum Gasteiger partial charge on any atom is -0.378 e. The molecule has 0 radical (unpaired) electrons. The maximum Gasteiger partial charge on any atom is 0.239 e. The van der Waals surface area contributed by atoms with E-state index in [0.29, 0.717) is 26.3 Å². The highest BCUT2D eigenvalue weighted by Crippen LogP contribution is 2.22. The molecule has 1 aliphatic rings. The first-order valence-corrected chi connectivity index (χ1v) is 7.61. The van der Waals surface area contributed by atoms with Crippen LogP contribution in [0.2, 0.25) is 0 Å². The fraction of sp³-hybridized carbons (Fsp3) is 0.357. The number of nitrogens with one attached hydrogen (secondary N) is 2. The van der Waals surface area contributed by atoms with Gasteiger partial charge >= 0.3 is 0 Å². The molecule has 1 unspecified atom stereocenters. The molecule has 1 fully saturated rings. The molecule has 110 valence electrons. The van der Waals surface area contributed by atoms with Gasteiger partial charge in [0, 0.05) is 12.1 Å². The molecule has 6 nitrogen and oxygen atoms in total. The molecule has 2 N–H and O–H groups in total. The molecule has 1 aromatic heterocycles. The van der Waals surface area contributed by atoms with Crippen LogP contribution in [0.1, 0.15) is 5.01 Å². The highest BCUT2D eigenvalue weighted by Gasteiger charge is 2.21. The average Bonchev–Trinajstić information content (AvgIpc) is 3.03. The summed E-state index contributed by atoms with van der Waals surface area (Å²) in [6.07, 6.45) is 0. The summed E-state index contributed by atoms with van der Waals surface area (Å²) >= 11 is 1.49. The van der Waals surface area contributed by atoms with Crippen LogP contribution in [0.5, 0.6) is 0 Å². The predicted molar refractivity (Wildman–Crippen MR) is 79.8 cm³/mol. The summed E-state index contributed by atoms with van der Waals surface area (Å²) < 4.78 is 5.27. The molecule has 2 aromatic rings. The minimum atomic E-state index is -0.278. The first-order valence-electron chi connectivity index (χ1n) is 6.79. The van der Waals surface area contributed by atoms with Crippen molar-refractivity contribution in [3.8, 4) is 10.6 Å². The van der Waals surface area contributed by atoms with Gasteiger partial charge in [-0.25, -0.2) is 0 Å². The molecular weight excluding hydrogens is 288 g/mol. The Kier molecular flexibility index (Phi) is 4.54. The smallest absolute Gasteiger partial charge is 0.239 e. The first-order chi connectivity index (χ1) is 10.3. The number of rotatable bonds is 4. The zero-order chi connectivity index (χ0) is 14.5. The van der Waals surface area contributed by atoms with Crippen LogP contribution in [-0.4, -0.2) is 41.9 Å². The molecule has 1 amide bonds. The zero-order valence-electron chi connectivity index (χ0n) is 11.4. The molecule has 1 aromatic carbocycles. The molecular formula is C14H16N4O2S. The third kappa shape index (κ3) is 3.63. The number of nitrogens with zero attached hydrogens (tertiary/aromatic N) is 2. The summed E-state index contributed by atoms with van der Waals surface area (Å²) in [5.41, 5.74) is 1.04. The summed E-state index contributed by atoms with van der Waals surface area (Å²) in [5, 5.41) is 15.9. The molecule has 0 bridgehead atoms. The van der Waals surface area contributed by atoms with Gasteiger partial charge in [-0.05, 0) is 0 Å². The Balaban J connectivity index is 1.56. The normalized spacial score (nSPS) is 18.4. The summed E-state index contributed by atoms with van der Waals surface area (Å²) in [4.78, 5) is 12.0. The molecule has 1 aliphatic heterocycles. The van der Waals surface area contributed by atoms with E-state index in [4.69, 9.17) is 4.74 Å². The van der Waals surface area contributed by atoms with Crippen molar-refractivity contribution in [3.63, 3.8) is 0 Å². The van der Waals surface area contributed by atoms with Crippen LogP contribution < -0.4 is 10.6 Å². The van der Waals surface area contributed by atoms with E-state index in [1.807, 2.05) is 30.3 Å². The molecule has 1 atom stereocenters. The third-order valence-corrected chi connectivity index (χ3v) is 4.11. The zero-order valence-corrected chi connectivity index (χ0v) is 12.2. The van der Waals surface area contributed by atoms with Crippen molar-refractivity contribution in [1.82, 2.24) is 20.8 Å². The number of aromatic nitrogens is 2. The van der Waals surface area contributed by atoms with Gasteiger partial charge in [0.15, 0.2) is 0 Å². The number of carbonyl (C=O) groups excluding carboxylic acids is 1. The van der Waals surface area contributed by atoms with Crippen molar-refractivity contribution in [2.24, 2.45) is 0 Å². The second-order valence-corrected chi connectivity index (χ2v) is 5.73. The SMILES string of the molecule is O=C(NCc1nnc(-c2ccccc2)s1)C1COCCN1. The highest BCUT2D eigenvalue weighted by atomic mass is 32.1. The van der Waals surface area contributed by atoms with E-state index in [1.54, 1.807) is 0 Å². The van der Waals surface area contributed by atoms with Gasteiger partial charge in [0.25, 0.3) is 0 Å². The van der Waals surface area contributed by atoms with Gasteiger partial charge in [-0.2, -0.15) is 0 Å². The quantitative estimate of drug-likeness (QED) is 0.874. The number of carbonyl (C=O) groups is 1. The van der Waals surface area contributed by atoms with Gasteiger partial charge in [-0.15, -0.1) is 10.2 Å². The summed E-state index contributed by atoms with van der Waals surface area (Å²) in [6.45, 7) is 2.16. The second-order valence-electron chi connectivity index (χ2n) is 4.67. The van der Waals surface area contributed by atoms with Crippen LogP contribution >= 0.6 is 11.3 Å². The maximum absolute atomic E-state index is 12.0. The second kappa shape index (κ2) is 6.75. The average molecular weight is 304 g/mol. The Morgan fingerprint density at radius 2 is 2.24 bits per heavy atom. The third-order valence-electron chi connectivity index (χ3n) is 3.14. The lowest BCUT2D eigenvalue weighted by molar-refractivity contribution is -0.126. The molecule has 21 heavy (non-hydrogen) atoms. The van der Waals surface area contributed by atoms with Crippen molar-refractivity contribution in [1.29, 1.82) is 0 Å². The van der Waals surface area contributed by atoms with Crippen molar-refractivity contribution in [3.05, 3.63) is 35.3 Å². The summed E-state index contributed by atoms with van der Waals surface area (Å²) in [7, 11) is 0. The molecule has 2 heterocycles. The molecule has 0 aliphatic carbocycles. The van der Waals surface area contributed by atoms with Crippen LogP contribution in [0.4, 0.5) is 0 Å². The van der Waals surface area contributed by atoms with Gasteiger partial charge in [0.2, 0.25) is 5.91 Å². The van der Waals surface area contributed by atoms with Crippen LogP contribution in [0, 0.1) is 0 Å². The maximum atomic E-state index is 12.0. The molecule has 0 saturated carbocycles. The lowest BCUT2D eigenvalue weighted by Gasteiger charge is -2.22. The number of hydrogen-bond donors (Lipinski definition) is 2. The van der Waals surface area contributed by atoms with Gasteiger partial charge in [0.05, 0.1) is 19.8 Å². The van der Waals surface area contributed by atoms with Gasteiger partial charge in [-0.1, -0.05) is 41.7 Å². The van der Waals surface area contributed by atoms with E-state index in [0.717, 1.165) is 15.6 Å². The number of ether oxygens (including phenoxy) is 1. The Morgan fingerprint density at radius 1 is 1.38 bits per heavy atom. The van der Waals surface area contributed by atoms with Gasteiger partial charge in [0.1, 0.15) is 16.1 Å². The number of amides is 1. The molecule has 0 spiro atoms. The van der Waals surface area contributed by atoms with Crippen LogP contribution in [-0.2, 0) is 16.1 Å². The number of benzene rings is 1. The van der Waals surface area contributed by atoms with Crippen molar-refractivity contribution >= 4 is 17.2 Å². The topological polar surface area (TPSA) is 76.1 Å². The van der Waals surface area contributed by atoms with Crippen LogP contribution in [0.3, 0.4) is 0 Å². The van der Waals surface area contributed by atoms with Gasteiger partial charge < -0.3 is 15.4 Å². The number of hydrogen-bond acceptors (Lipinski definition) is 6. The van der Waals surface area contributed by atoms with Crippen molar-refractivity contribution in [2.45, 2.75) is 12.6 Å².